The Morgan fingerprint density at radius 2 is 1.22 bits per heavy atom. The number of amides is 2. The maximum absolute atomic E-state index is 12.4. The lowest BCUT2D eigenvalue weighted by Gasteiger charge is -2.40. The van der Waals surface area contributed by atoms with Crippen LogP contribution in [-0.4, -0.2) is 53.5 Å². The van der Waals surface area contributed by atoms with Gasteiger partial charge in [0.25, 0.3) is 0 Å². The quantitative estimate of drug-likeness (QED) is 0.488. The molecule has 1 aliphatic heterocycles. The van der Waals surface area contributed by atoms with Gasteiger partial charge in [0.2, 0.25) is 0 Å². The van der Waals surface area contributed by atoms with E-state index in [4.69, 9.17) is 55.9 Å². The summed E-state index contributed by atoms with van der Waals surface area (Å²) in [6.45, 7) is 11.3. The molecular weight excluding hydrogens is 502 g/mol. The van der Waals surface area contributed by atoms with Gasteiger partial charge in [0.05, 0.1) is 17.8 Å². The maximum atomic E-state index is 12.4. The van der Waals surface area contributed by atoms with Crippen molar-refractivity contribution in [2.75, 3.05) is 18.0 Å². The first-order valence-electron chi connectivity index (χ1n) is 9.99. The van der Waals surface area contributed by atoms with Gasteiger partial charge in [-0.15, -0.1) is 0 Å². The molecule has 0 aromatic carbocycles. The highest BCUT2D eigenvalue weighted by Gasteiger charge is 2.34. The van der Waals surface area contributed by atoms with Crippen LogP contribution < -0.4 is 15.5 Å². The predicted octanol–water partition coefficient (Wildman–Crippen LogP) is 5.69. The zero-order chi connectivity index (χ0) is 24.4. The standard InChI is InChI=1S/C20H28Cl4N4O4/c1-19(2,3)31-17(29)25-10-7-11(26-18(30)32-20(4,5)6)9-28(8-10)14-12(21)15(23)27-16(24)13(14)22/h10-11H,7-9H2,1-6H3,(H,25,29)(H,26,30). The number of anilines is 1. The molecular formula is C20H28Cl4N4O4. The molecule has 2 amide bonds. The van der Waals surface area contributed by atoms with Crippen molar-refractivity contribution in [1.29, 1.82) is 0 Å². The summed E-state index contributed by atoms with van der Waals surface area (Å²) in [7, 11) is 0. The highest BCUT2D eigenvalue weighted by Crippen LogP contribution is 2.42. The van der Waals surface area contributed by atoms with Gasteiger partial charge in [0, 0.05) is 13.1 Å². The molecule has 2 unspecified atom stereocenters. The molecule has 1 aliphatic rings. The van der Waals surface area contributed by atoms with Crippen LogP contribution in [0.5, 0.6) is 0 Å². The minimum absolute atomic E-state index is 0.00468. The molecule has 2 N–H and O–H groups in total. The van der Waals surface area contributed by atoms with Gasteiger partial charge in [-0.3, -0.25) is 0 Å². The van der Waals surface area contributed by atoms with Crippen molar-refractivity contribution in [2.45, 2.75) is 71.2 Å². The zero-order valence-electron chi connectivity index (χ0n) is 18.8. The fourth-order valence-electron chi connectivity index (χ4n) is 3.19. The molecule has 12 heteroatoms. The summed E-state index contributed by atoms with van der Waals surface area (Å²) in [5.74, 6) is 0. The smallest absolute Gasteiger partial charge is 0.407 e. The van der Waals surface area contributed by atoms with Crippen LogP contribution in [0, 0.1) is 0 Å². The second kappa shape index (κ2) is 10.3. The predicted molar refractivity (Wildman–Crippen MR) is 127 cm³/mol. The average Bonchev–Trinajstić information content (AvgIpc) is 2.56. The van der Waals surface area contributed by atoms with Gasteiger partial charge in [-0.2, -0.15) is 0 Å². The van der Waals surface area contributed by atoms with Gasteiger partial charge in [-0.1, -0.05) is 46.4 Å². The number of carbonyl (C=O) groups excluding carboxylic acids is 2. The molecule has 2 atom stereocenters. The summed E-state index contributed by atoms with van der Waals surface area (Å²) < 4.78 is 10.7. The van der Waals surface area contributed by atoms with Crippen molar-refractivity contribution in [3.8, 4) is 0 Å². The lowest BCUT2D eigenvalue weighted by Crippen LogP contribution is -2.58. The molecule has 32 heavy (non-hydrogen) atoms. The van der Waals surface area contributed by atoms with Gasteiger partial charge >= 0.3 is 12.2 Å². The summed E-state index contributed by atoms with van der Waals surface area (Å²) in [5, 5.41) is 5.90. The Kier molecular flexibility index (Phi) is 8.64. The van der Waals surface area contributed by atoms with E-state index in [2.05, 4.69) is 15.6 Å². The van der Waals surface area contributed by atoms with Gasteiger partial charge in [-0.25, -0.2) is 14.6 Å². The Labute approximate surface area is 208 Å². The Balaban J connectivity index is 2.30. The Bertz CT molecular complexity index is 806. The Morgan fingerprint density at radius 3 is 1.56 bits per heavy atom. The molecule has 1 saturated heterocycles. The summed E-state index contributed by atoms with van der Waals surface area (Å²) in [5.41, 5.74) is -0.957. The SMILES string of the molecule is CC(C)(C)OC(=O)NC1CC(NC(=O)OC(C)(C)C)CN(c2c(Cl)c(Cl)nc(Cl)c2Cl)C1. The van der Waals surface area contributed by atoms with Gasteiger partial charge in [0.15, 0.2) is 10.3 Å². The average molecular weight is 530 g/mol. The van der Waals surface area contributed by atoms with E-state index >= 15 is 0 Å². The fraction of sp³-hybridized carbons (Fsp3) is 0.650. The number of ether oxygens (including phenoxy) is 2. The molecule has 0 radical (unpaired) electrons. The highest BCUT2D eigenvalue weighted by molar-refractivity contribution is 6.48. The van der Waals surface area contributed by atoms with Crippen LogP contribution in [0.3, 0.4) is 0 Å². The monoisotopic (exact) mass is 528 g/mol. The summed E-state index contributed by atoms with van der Waals surface area (Å²) in [6.07, 6.45) is -0.733. The molecule has 1 fully saturated rings. The maximum Gasteiger partial charge on any atom is 0.407 e. The number of aromatic nitrogens is 1. The van der Waals surface area contributed by atoms with Crippen LogP contribution in [0.1, 0.15) is 48.0 Å². The van der Waals surface area contributed by atoms with Crippen LogP contribution in [-0.2, 0) is 9.47 Å². The van der Waals surface area contributed by atoms with Crippen LogP contribution >= 0.6 is 46.4 Å². The first kappa shape index (κ1) is 26.9. The van der Waals surface area contributed by atoms with E-state index in [0.717, 1.165) is 0 Å². The molecule has 0 bridgehead atoms. The van der Waals surface area contributed by atoms with Crippen molar-refractivity contribution >= 4 is 64.3 Å². The van der Waals surface area contributed by atoms with Gasteiger partial charge in [-0.05, 0) is 48.0 Å². The second-order valence-corrected chi connectivity index (χ2v) is 11.0. The minimum atomic E-state index is -0.661. The normalized spacial score (nSPS) is 19.4. The number of hydrogen-bond donors (Lipinski definition) is 2. The van der Waals surface area contributed by atoms with E-state index in [-0.39, 0.29) is 20.4 Å². The van der Waals surface area contributed by atoms with Crippen LogP contribution in [0.2, 0.25) is 20.4 Å². The van der Waals surface area contributed by atoms with Crippen molar-refractivity contribution in [3.05, 3.63) is 20.4 Å². The molecule has 8 nitrogen and oxygen atoms in total. The van der Waals surface area contributed by atoms with E-state index in [0.29, 0.717) is 25.2 Å². The molecule has 1 aromatic rings. The third kappa shape index (κ3) is 7.90. The van der Waals surface area contributed by atoms with E-state index in [1.54, 1.807) is 46.4 Å². The van der Waals surface area contributed by atoms with Crippen molar-refractivity contribution in [1.82, 2.24) is 15.6 Å². The molecule has 2 heterocycles. The zero-order valence-corrected chi connectivity index (χ0v) is 21.8. The number of rotatable bonds is 3. The minimum Gasteiger partial charge on any atom is -0.444 e. The van der Waals surface area contributed by atoms with Crippen molar-refractivity contribution in [3.63, 3.8) is 0 Å². The number of nitrogens with zero attached hydrogens (tertiary/aromatic N) is 2. The molecule has 0 saturated carbocycles. The van der Waals surface area contributed by atoms with Crippen molar-refractivity contribution in [2.24, 2.45) is 0 Å². The van der Waals surface area contributed by atoms with E-state index in [1.165, 1.54) is 0 Å². The number of carbonyl (C=O) groups is 2. The second-order valence-electron chi connectivity index (χ2n) is 9.50. The summed E-state index contributed by atoms with van der Waals surface area (Å²) in [6, 6.07) is -0.812. The number of piperidine rings is 1. The van der Waals surface area contributed by atoms with Crippen LogP contribution in [0.4, 0.5) is 15.3 Å². The van der Waals surface area contributed by atoms with Crippen molar-refractivity contribution < 1.29 is 19.1 Å². The van der Waals surface area contributed by atoms with Crippen LogP contribution in [0.15, 0.2) is 0 Å². The first-order chi connectivity index (χ1) is 14.6. The van der Waals surface area contributed by atoms with E-state index < -0.39 is 35.5 Å². The Morgan fingerprint density at radius 1 is 0.844 bits per heavy atom. The number of hydrogen-bond acceptors (Lipinski definition) is 6. The molecule has 1 aromatic heterocycles. The highest BCUT2D eigenvalue weighted by atomic mass is 35.5. The topological polar surface area (TPSA) is 92.8 Å². The third-order valence-electron chi connectivity index (χ3n) is 4.18. The van der Waals surface area contributed by atoms with Gasteiger partial charge in [0.1, 0.15) is 21.2 Å². The molecule has 0 spiro atoms. The number of pyridine rings is 1. The Hall–Kier alpha value is -1.35. The first-order valence-corrected chi connectivity index (χ1v) is 11.5. The molecule has 180 valence electrons. The number of alkyl carbamates (subject to hydrolysis) is 2. The fourth-order valence-corrected chi connectivity index (χ4v) is 4.15. The van der Waals surface area contributed by atoms with Gasteiger partial charge < -0.3 is 25.0 Å². The lowest BCUT2D eigenvalue weighted by molar-refractivity contribution is 0.0476. The summed E-state index contributed by atoms with van der Waals surface area (Å²) in [4.78, 5) is 30.4. The van der Waals surface area contributed by atoms with Crippen LogP contribution in [0.25, 0.3) is 0 Å². The lowest BCUT2D eigenvalue weighted by atomic mass is 10.00. The van der Waals surface area contributed by atoms with E-state index in [9.17, 15) is 9.59 Å². The largest absolute Gasteiger partial charge is 0.444 e. The number of nitrogens with one attached hydrogen (secondary N) is 2. The molecule has 2 rings (SSSR count). The summed E-state index contributed by atoms with van der Waals surface area (Å²) >= 11 is 25.0. The third-order valence-corrected chi connectivity index (χ3v) is 5.64. The molecule has 0 aliphatic carbocycles. The number of halogens is 4. The van der Waals surface area contributed by atoms with E-state index in [1.807, 2.05) is 0 Å².